The second kappa shape index (κ2) is 11.1. The Morgan fingerprint density at radius 1 is 1.04 bits per heavy atom. The van der Waals surface area contributed by atoms with Gasteiger partial charge in [-0.2, -0.15) is 15.1 Å². The Morgan fingerprint density at radius 2 is 1.89 bits per heavy atom. The van der Waals surface area contributed by atoms with Crippen molar-refractivity contribution >= 4 is 27.6 Å². The molecule has 45 heavy (non-hydrogen) atoms. The maximum atomic E-state index is 17.0. The highest BCUT2D eigenvalue weighted by molar-refractivity contribution is 5.99. The number of hydrogen-bond acceptors (Lipinski definition) is 8. The molecular formula is C34H41F2N7O2. The third-order valence-electron chi connectivity index (χ3n) is 10.9. The van der Waals surface area contributed by atoms with E-state index in [1.54, 1.807) is 12.4 Å². The summed E-state index contributed by atoms with van der Waals surface area (Å²) in [5.41, 5.74) is 2.86. The molecule has 0 radical (unpaired) electrons. The van der Waals surface area contributed by atoms with Crippen LogP contribution < -0.4 is 9.64 Å². The normalized spacial score (nSPS) is 27.5. The number of aromatic nitrogens is 5. The van der Waals surface area contributed by atoms with Crippen molar-refractivity contribution in [2.45, 2.75) is 94.9 Å². The van der Waals surface area contributed by atoms with Gasteiger partial charge in [0.1, 0.15) is 29.8 Å². The predicted octanol–water partition coefficient (Wildman–Crippen LogP) is 5.81. The summed E-state index contributed by atoms with van der Waals surface area (Å²) in [4.78, 5) is 18.5. The number of nitrogens with zero attached hydrogens (tertiary/aromatic N) is 6. The molecule has 5 aliphatic heterocycles. The van der Waals surface area contributed by atoms with E-state index >= 15 is 4.39 Å². The molecule has 9 nitrogen and oxygen atoms in total. The van der Waals surface area contributed by atoms with Crippen molar-refractivity contribution in [3.8, 4) is 17.3 Å². The Bertz CT molecular complexity index is 1760. The number of piperidine rings is 1. The fourth-order valence-electron chi connectivity index (χ4n) is 8.62. The summed E-state index contributed by atoms with van der Waals surface area (Å²) in [6.45, 7) is 4.66. The van der Waals surface area contributed by atoms with Crippen molar-refractivity contribution in [3.63, 3.8) is 0 Å². The van der Waals surface area contributed by atoms with E-state index < -0.39 is 17.6 Å². The number of fused-ring (bicyclic) bond motifs is 8. The number of halogens is 2. The number of rotatable bonds is 3. The van der Waals surface area contributed by atoms with Gasteiger partial charge in [-0.05, 0) is 75.6 Å². The number of alkyl halides is 1. The zero-order chi connectivity index (χ0) is 30.8. The van der Waals surface area contributed by atoms with Crippen molar-refractivity contribution in [1.29, 1.82) is 0 Å². The molecule has 4 aromatic rings. The molecule has 8 heterocycles. The number of nitrogens with one attached hydrogen (secondary N) is 1. The fraction of sp³-hybridized carbons (Fsp3) is 0.588. The largest absolute Gasteiger partial charge is 0.461 e. The van der Waals surface area contributed by atoms with Gasteiger partial charge in [0.15, 0.2) is 5.82 Å². The molecule has 2 N–H and O–H groups in total. The average molecular weight is 618 g/mol. The van der Waals surface area contributed by atoms with Gasteiger partial charge in [0.25, 0.3) is 0 Å². The van der Waals surface area contributed by atoms with Crippen LogP contribution in [0.3, 0.4) is 0 Å². The lowest BCUT2D eigenvalue weighted by molar-refractivity contribution is 0.0151. The van der Waals surface area contributed by atoms with Crippen LogP contribution in [0.4, 0.5) is 14.6 Å². The maximum Gasteiger partial charge on any atom is 0.319 e. The second-order valence-corrected chi connectivity index (χ2v) is 13.9. The first-order valence-corrected chi connectivity index (χ1v) is 16.6. The Balaban J connectivity index is 1.29. The van der Waals surface area contributed by atoms with Gasteiger partial charge in [-0.25, -0.2) is 8.78 Å². The average Bonchev–Trinajstić information content (AvgIpc) is 3.72. The summed E-state index contributed by atoms with van der Waals surface area (Å²) in [5.74, 6) is -0.00767. The number of benzene rings is 1. The van der Waals surface area contributed by atoms with Gasteiger partial charge >= 0.3 is 6.01 Å². The van der Waals surface area contributed by atoms with Gasteiger partial charge in [-0.1, -0.05) is 19.3 Å². The van der Waals surface area contributed by atoms with E-state index in [4.69, 9.17) is 14.7 Å². The van der Waals surface area contributed by atoms with E-state index in [9.17, 15) is 9.50 Å². The fourth-order valence-corrected chi connectivity index (χ4v) is 8.62. The second-order valence-electron chi connectivity index (χ2n) is 13.9. The number of hydrogen-bond donors (Lipinski definition) is 2. The molecule has 3 fully saturated rings. The van der Waals surface area contributed by atoms with Crippen molar-refractivity contribution in [2.75, 3.05) is 37.7 Å². The standard InChI is InChI=1S/C34H41F2N7O2/c1-21-14-26-24(17-38-41-26)27-23(21)8-4-2-3-5-10-34(44)11-7-12-42(19-34)31-25-16-37-30(27)28(36)29(25)39-32(40-31)45-20-33-9-6-13-43(33)18-22(35)15-33/h14,16-17,22,44H,2-13,15,18-20H2,1H3,(H,38,41)/t22-,33-,34+/m0/s1. The maximum absolute atomic E-state index is 17.0. The van der Waals surface area contributed by atoms with Crippen LogP contribution in [-0.2, 0) is 6.42 Å². The first-order valence-electron chi connectivity index (χ1n) is 16.6. The quantitative estimate of drug-likeness (QED) is 0.297. The summed E-state index contributed by atoms with van der Waals surface area (Å²) < 4.78 is 37.8. The van der Waals surface area contributed by atoms with Crippen molar-refractivity contribution < 1.29 is 18.6 Å². The van der Waals surface area contributed by atoms with Gasteiger partial charge in [-0.3, -0.25) is 15.0 Å². The number of aliphatic hydroxyl groups is 1. The summed E-state index contributed by atoms with van der Waals surface area (Å²) in [7, 11) is 0. The van der Waals surface area contributed by atoms with Crippen LogP contribution in [-0.4, -0.2) is 85.3 Å². The monoisotopic (exact) mass is 617 g/mol. The molecule has 3 saturated heterocycles. The zero-order valence-corrected chi connectivity index (χ0v) is 25.9. The molecule has 1 aromatic carbocycles. The van der Waals surface area contributed by atoms with Gasteiger partial charge in [-0.15, -0.1) is 0 Å². The van der Waals surface area contributed by atoms with E-state index in [1.807, 2.05) is 4.90 Å². The molecule has 5 aliphatic rings. The molecule has 0 unspecified atom stereocenters. The minimum Gasteiger partial charge on any atom is -0.461 e. The molecular weight excluding hydrogens is 576 g/mol. The SMILES string of the molecule is Cc1cc2[nH]ncc2c2c1CCCCCC[C@@]1(O)CCCN(C1)c1nc(OC[C@@]34CCCN3C[C@@H](F)C4)nc3c(F)c-2ncc13. The third kappa shape index (κ3) is 5.02. The molecule has 0 spiro atoms. The molecule has 0 saturated carbocycles. The zero-order valence-electron chi connectivity index (χ0n) is 25.9. The molecule has 0 aliphatic carbocycles. The lowest BCUT2D eigenvalue weighted by atomic mass is 9.86. The van der Waals surface area contributed by atoms with Gasteiger partial charge in [0, 0.05) is 43.2 Å². The highest BCUT2D eigenvalue weighted by Gasteiger charge is 2.49. The first-order chi connectivity index (χ1) is 21.8. The van der Waals surface area contributed by atoms with Gasteiger partial charge in [0.2, 0.25) is 0 Å². The molecule has 3 atom stereocenters. The number of anilines is 1. The molecule has 0 amide bonds. The minimum absolute atomic E-state index is 0.0743. The van der Waals surface area contributed by atoms with Crippen LogP contribution in [0.5, 0.6) is 6.01 Å². The molecule has 11 heteroatoms. The van der Waals surface area contributed by atoms with Crippen LogP contribution in [0, 0.1) is 12.7 Å². The van der Waals surface area contributed by atoms with E-state index in [0.29, 0.717) is 43.7 Å². The van der Waals surface area contributed by atoms with E-state index in [-0.39, 0.29) is 29.4 Å². The summed E-state index contributed by atoms with van der Waals surface area (Å²) in [5, 5.41) is 20.3. The van der Waals surface area contributed by atoms with Crippen LogP contribution in [0.2, 0.25) is 0 Å². The third-order valence-corrected chi connectivity index (χ3v) is 10.9. The Kier molecular flexibility index (Phi) is 7.16. The van der Waals surface area contributed by atoms with Crippen molar-refractivity contribution in [1.82, 2.24) is 30.0 Å². The Labute approximate surface area is 261 Å². The number of H-pyrrole nitrogens is 1. The Hall–Kier alpha value is -3.44. The summed E-state index contributed by atoms with van der Waals surface area (Å²) in [6.07, 6.45) is 11.8. The lowest BCUT2D eigenvalue weighted by Crippen LogP contribution is -2.48. The molecule has 9 rings (SSSR count). The molecule has 3 aromatic heterocycles. The number of pyridine rings is 1. The predicted molar refractivity (Wildman–Crippen MR) is 169 cm³/mol. The lowest BCUT2D eigenvalue weighted by Gasteiger charge is -2.40. The van der Waals surface area contributed by atoms with E-state index in [2.05, 4.69) is 33.1 Å². The summed E-state index contributed by atoms with van der Waals surface area (Å²) in [6, 6.07) is 2.15. The van der Waals surface area contributed by atoms with Crippen molar-refractivity contribution in [3.05, 3.63) is 35.4 Å². The highest BCUT2D eigenvalue weighted by atomic mass is 19.1. The number of aromatic amines is 1. The van der Waals surface area contributed by atoms with Crippen molar-refractivity contribution in [2.24, 2.45) is 0 Å². The van der Waals surface area contributed by atoms with Crippen LogP contribution in [0.1, 0.15) is 75.3 Å². The number of aryl methyl sites for hydroxylation is 1. The van der Waals surface area contributed by atoms with Gasteiger partial charge < -0.3 is 14.7 Å². The minimum atomic E-state index is -0.880. The topological polar surface area (TPSA) is 103 Å². The van der Waals surface area contributed by atoms with E-state index in [0.717, 1.165) is 91.9 Å². The Morgan fingerprint density at radius 3 is 2.80 bits per heavy atom. The molecule has 238 valence electrons. The molecule has 6 bridgehead atoms. The van der Waals surface area contributed by atoms with Crippen LogP contribution >= 0.6 is 0 Å². The number of ether oxygens (including phenoxy) is 1. The summed E-state index contributed by atoms with van der Waals surface area (Å²) >= 11 is 0. The smallest absolute Gasteiger partial charge is 0.319 e. The van der Waals surface area contributed by atoms with Crippen LogP contribution in [0.25, 0.3) is 33.1 Å². The highest BCUT2D eigenvalue weighted by Crippen LogP contribution is 2.42. The van der Waals surface area contributed by atoms with E-state index in [1.165, 1.54) is 0 Å². The van der Waals surface area contributed by atoms with Crippen LogP contribution in [0.15, 0.2) is 18.5 Å². The first kappa shape index (κ1) is 29.0. The van der Waals surface area contributed by atoms with Gasteiger partial charge in [0.05, 0.1) is 28.2 Å².